The molecule has 1 atom stereocenters. The first-order valence-corrected chi connectivity index (χ1v) is 9.98. The number of ether oxygens (including phenoxy) is 1. The van der Waals surface area contributed by atoms with Gasteiger partial charge in [-0.2, -0.15) is 0 Å². The van der Waals surface area contributed by atoms with Gasteiger partial charge in [0.1, 0.15) is 17.1 Å². The summed E-state index contributed by atoms with van der Waals surface area (Å²) in [6, 6.07) is 8.95. The zero-order valence-electron chi connectivity index (χ0n) is 17.0. The summed E-state index contributed by atoms with van der Waals surface area (Å²) in [6.07, 6.45) is 4.11. The van der Waals surface area contributed by atoms with Gasteiger partial charge < -0.3 is 19.8 Å². The maximum atomic E-state index is 12.6. The average Bonchev–Trinajstić information content (AvgIpc) is 2.69. The van der Waals surface area contributed by atoms with Crippen LogP contribution in [-0.2, 0) is 0 Å². The second-order valence-electron chi connectivity index (χ2n) is 7.22. The van der Waals surface area contributed by atoms with E-state index in [0.717, 1.165) is 44.5 Å². The second-order valence-corrected chi connectivity index (χ2v) is 7.22. The van der Waals surface area contributed by atoms with Crippen molar-refractivity contribution >= 4 is 24.0 Å². The van der Waals surface area contributed by atoms with Crippen molar-refractivity contribution in [1.29, 1.82) is 0 Å². The van der Waals surface area contributed by atoms with E-state index < -0.39 is 11.5 Å². The third-order valence-electron chi connectivity index (χ3n) is 4.97. The summed E-state index contributed by atoms with van der Waals surface area (Å²) in [5.41, 5.74) is 0.703. The van der Waals surface area contributed by atoms with Crippen LogP contribution in [0, 0.1) is 6.92 Å². The van der Waals surface area contributed by atoms with Gasteiger partial charge in [-0.05, 0) is 68.6 Å². The normalized spacial score (nSPS) is 16.0. The summed E-state index contributed by atoms with van der Waals surface area (Å²) in [5.74, 6) is 1.13. The van der Waals surface area contributed by atoms with Crippen LogP contribution in [0.4, 0.5) is 5.69 Å². The average molecular weight is 421 g/mol. The van der Waals surface area contributed by atoms with Crippen LogP contribution in [0.15, 0.2) is 39.5 Å². The number of anilines is 1. The van der Waals surface area contributed by atoms with E-state index in [1.165, 1.54) is 0 Å². The zero-order valence-corrected chi connectivity index (χ0v) is 17.8. The van der Waals surface area contributed by atoms with Crippen LogP contribution in [0.1, 0.15) is 60.2 Å². The van der Waals surface area contributed by atoms with Crippen LogP contribution in [-0.4, -0.2) is 25.6 Å². The summed E-state index contributed by atoms with van der Waals surface area (Å²) in [6.45, 7) is 6.34. The lowest BCUT2D eigenvalue weighted by molar-refractivity contribution is 0.102. The maximum Gasteiger partial charge on any atom is 0.349 e. The Balaban J connectivity index is 0.00000300. The minimum absolute atomic E-state index is 0. The number of unbranched alkanes of at least 4 members (excludes halogenated alkanes) is 1. The van der Waals surface area contributed by atoms with Gasteiger partial charge in [0, 0.05) is 18.2 Å². The molecule has 0 radical (unpaired) electrons. The molecule has 158 valence electrons. The summed E-state index contributed by atoms with van der Waals surface area (Å²) in [4.78, 5) is 25.1. The van der Waals surface area contributed by atoms with Crippen LogP contribution in [0.2, 0.25) is 0 Å². The lowest BCUT2D eigenvalue weighted by atomic mass is 9.95. The fourth-order valence-electron chi connectivity index (χ4n) is 3.36. The summed E-state index contributed by atoms with van der Waals surface area (Å²) < 4.78 is 11.1. The predicted molar refractivity (Wildman–Crippen MR) is 117 cm³/mol. The lowest BCUT2D eigenvalue weighted by Gasteiger charge is -2.22. The first kappa shape index (κ1) is 23.0. The molecule has 0 spiro atoms. The Morgan fingerprint density at radius 3 is 2.69 bits per heavy atom. The van der Waals surface area contributed by atoms with Gasteiger partial charge in [0.25, 0.3) is 5.91 Å². The molecule has 1 fully saturated rings. The number of aryl methyl sites for hydroxylation is 1. The van der Waals surface area contributed by atoms with Gasteiger partial charge in [0.15, 0.2) is 0 Å². The van der Waals surface area contributed by atoms with Crippen LogP contribution in [0.3, 0.4) is 0 Å². The van der Waals surface area contributed by atoms with Crippen molar-refractivity contribution < 1.29 is 13.9 Å². The molecule has 1 unspecified atom stereocenters. The molecule has 1 aliphatic heterocycles. The fourth-order valence-corrected chi connectivity index (χ4v) is 3.36. The third kappa shape index (κ3) is 6.08. The van der Waals surface area contributed by atoms with Gasteiger partial charge >= 0.3 is 5.63 Å². The molecule has 2 N–H and O–H groups in total. The van der Waals surface area contributed by atoms with Gasteiger partial charge in [-0.15, -0.1) is 12.4 Å². The molecule has 3 rings (SSSR count). The number of nitrogens with one attached hydrogen (secondary N) is 2. The van der Waals surface area contributed by atoms with Crippen molar-refractivity contribution in [2.45, 2.75) is 45.4 Å². The number of amides is 1. The van der Waals surface area contributed by atoms with Crippen molar-refractivity contribution in [3.05, 3.63) is 57.6 Å². The molecule has 1 amide bonds. The minimum atomic E-state index is -0.586. The van der Waals surface area contributed by atoms with E-state index in [1.54, 1.807) is 31.2 Å². The van der Waals surface area contributed by atoms with Crippen LogP contribution >= 0.6 is 12.4 Å². The van der Waals surface area contributed by atoms with Gasteiger partial charge in [-0.25, -0.2) is 4.79 Å². The van der Waals surface area contributed by atoms with Crippen molar-refractivity contribution in [3.8, 4) is 5.75 Å². The standard InChI is InChI=1S/C22H28N2O4.ClH/c1-3-4-12-27-18-9-7-17(8-10-18)24-21(25)20-15(2)13-19(28-22(20)26)16-6-5-11-23-14-16;/h7-10,13,16,23H,3-6,11-12,14H2,1-2H3,(H,24,25);1H. The fraction of sp³-hybridized carbons (Fsp3) is 0.455. The number of piperidine rings is 1. The number of benzene rings is 1. The molecule has 1 aliphatic rings. The minimum Gasteiger partial charge on any atom is -0.494 e. The van der Waals surface area contributed by atoms with Crippen molar-refractivity contribution in [2.75, 3.05) is 25.0 Å². The number of hydrogen-bond acceptors (Lipinski definition) is 5. The Morgan fingerprint density at radius 1 is 1.31 bits per heavy atom. The van der Waals surface area contributed by atoms with E-state index in [2.05, 4.69) is 17.6 Å². The Bertz CT molecular complexity index is 858. The van der Waals surface area contributed by atoms with Crippen molar-refractivity contribution in [2.24, 2.45) is 0 Å². The van der Waals surface area contributed by atoms with Crippen molar-refractivity contribution in [1.82, 2.24) is 5.32 Å². The topological polar surface area (TPSA) is 80.6 Å². The van der Waals surface area contributed by atoms with E-state index in [9.17, 15) is 9.59 Å². The molecule has 7 heteroatoms. The molecule has 0 saturated carbocycles. The number of halogens is 1. The lowest BCUT2D eigenvalue weighted by Crippen LogP contribution is -2.30. The Hall–Kier alpha value is -2.31. The zero-order chi connectivity index (χ0) is 19.9. The molecule has 2 heterocycles. The second kappa shape index (κ2) is 11.0. The number of carbonyl (C=O) groups excluding carboxylic acids is 1. The highest BCUT2D eigenvalue weighted by Gasteiger charge is 2.22. The van der Waals surface area contributed by atoms with Crippen LogP contribution in [0.5, 0.6) is 5.75 Å². The molecular weight excluding hydrogens is 392 g/mol. The molecule has 1 aromatic carbocycles. The number of hydrogen-bond donors (Lipinski definition) is 2. The molecule has 6 nitrogen and oxygen atoms in total. The molecule has 0 aliphatic carbocycles. The van der Waals surface area contributed by atoms with E-state index >= 15 is 0 Å². The number of rotatable bonds is 7. The monoisotopic (exact) mass is 420 g/mol. The third-order valence-corrected chi connectivity index (χ3v) is 4.97. The van der Waals surface area contributed by atoms with Gasteiger partial charge in [0.05, 0.1) is 6.61 Å². The van der Waals surface area contributed by atoms with E-state index in [4.69, 9.17) is 9.15 Å². The Morgan fingerprint density at radius 2 is 2.07 bits per heavy atom. The predicted octanol–water partition coefficient (Wildman–Crippen LogP) is 4.27. The van der Waals surface area contributed by atoms with Crippen molar-refractivity contribution in [3.63, 3.8) is 0 Å². The summed E-state index contributed by atoms with van der Waals surface area (Å²) >= 11 is 0. The highest BCUT2D eigenvalue weighted by molar-refractivity contribution is 6.04. The first-order chi connectivity index (χ1) is 13.6. The van der Waals surface area contributed by atoms with Crippen LogP contribution < -0.4 is 21.0 Å². The van der Waals surface area contributed by atoms with Crippen LogP contribution in [0.25, 0.3) is 0 Å². The highest BCUT2D eigenvalue weighted by atomic mass is 35.5. The summed E-state index contributed by atoms with van der Waals surface area (Å²) in [5, 5.41) is 6.08. The Kier molecular flexibility index (Phi) is 8.73. The molecule has 29 heavy (non-hydrogen) atoms. The molecular formula is C22H29ClN2O4. The summed E-state index contributed by atoms with van der Waals surface area (Å²) in [7, 11) is 0. The quantitative estimate of drug-likeness (QED) is 0.654. The highest BCUT2D eigenvalue weighted by Crippen LogP contribution is 2.24. The van der Waals surface area contributed by atoms with Gasteiger partial charge in [-0.3, -0.25) is 4.79 Å². The van der Waals surface area contributed by atoms with Gasteiger partial charge in [0.2, 0.25) is 0 Å². The SMILES string of the molecule is CCCCOc1ccc(NC(=O)c2c(C)cc(C3CCCNC3)oc2=O)cc1.Cl. The molecule has 0 bridgehead atoms. The first-order valence-electron chi connectivity index (χ1n) is 9.98. The largest absolute Gasteiger partial charge is 0.494 e. The van der Waals surface area contributed by atoms with Gasteiger partial charge in [-0.1, -0.05) is 13.3 Å². The molecule has 1 aromatic heterocycles. The molecule has 1 saturated heterocycles. The Labute approximate surface area is 177 Å². The maximum absolute atomic E-state index is 12.6. The molecule has 2 aromatic rings. The van der Waals surface area contributed by atoms with E-state index in [-0.39, 0.29) is 23.9 Å². The number of carbonyl (C=O) groups is 1. The van der Waals surface area contributed by atoms with E-state index in [0.29, 0.717) is 23.6 Å². The van der Waals surface area contributed by atoms with E-state index in [1.807, 2.05) is 6.07 Å². The smallest absolute Gasteiger partial charge is 0.349 e.